The quantitative estimate of drug-likeness (QED) is 0.424. The molecule has 1 N–H and O–H groups in total. The lowest BCUT2D eigenvalue weighted by Crippen LogP contribution is -2.26. The first kappa shape index (κ1) is 23.1. The molecule has 4 nitrogen and oxygen atoms in total. The molecule has 0 aliphatic heterocycles. The van der Waals surface area contributed by atoms with Crippen molar-refractivity contribution in [3.63, 3.8) is 0 Å². The van der Waals surface area contributed by atoms with Crippen LogP contribution < -0.4 is 5.32 Å². The SMILES string of the molecule is N#Cc1cc(C=CCCNC(=O)OCC2c3ccccc3-c3ccccc32)cc(C(F)(F)F)c1. The first-order chi connectivity index (χ1) is 16.4. The minimum atomic E-state index is -4.53. The third-order valence-electron chi connectivity index (χ3n) is 5.65. The van der Waals surface area contributed by atoms with Crippen molar-refractivity contribution in [3.8, 4) is 17.2 Å². The van der Waals surface area contributed by atoms with E-state index in [2.05, 4.69) is 17.4 Å². The fourth-order valence-corrected chi connectivity index (χ4v) is 4.10. The number of nitrogens with zero attached hydrogens (tertiary/aromatic N) is 1. The van der Waals surface area contributed by atoms with Crippen LogP contribution in [0.1, 0.15) is 40.2 Å². The van der Waals surface area contributed by atoms with Crippen molar-refractivity contribution in [2.45, 2.75) is 18.5 Å². The number of amides is 1. The number of nitriles is 1. The molecule has 0 heterocycles. The highest BCUT2D eigenvalue weighted by Gasteiger charge is 2.31. The summed E-state index contributed by atoms with van der Waals surface area (Å²) in [6.45, 7) is 0.466. The summed E-state index contributed by atoms with van der Waals surface area (Å²) in [4.78, 5) is 12.2. The molecule has 0 saturated heterocycles. The lowest BCUT2D eigenvalue weighted by atomic mass is 9.98. The highest BCUT2D eigenvalue weighted by molar-refractivity contribution is 5.79. The average molecular weight is 462 g/mol. The summed E-state index contributed by atoms with van der Waals surface area (Å²) in [6.07, 6.45) is -1.56. The van der Waals surface area contributed by atoms with Crippen LogP contribution in [-0.2, 0) is 10.9 Å². The third kappa shape index (κ3) is 5.12. The highest BCUT2D eigenvalue weighted by atomic mass is 19.4. The second kappa shape index (κ2) is 9.84. The van der Waals surface area contributed by atoms with Gasteiger partial charge in [0.25, 0.3) is 0 Å². The van der Waals surface area contributed by atoms with Gasteiger partial charge in [0.2, 0.25) is 0 Å². The number of carbonyl (C=O) groups excluding carboxylic acids is 1. The number of halogens is 3. The molecule has 0 radical (unpaired) electrons. The molecular formula is C27H21F3N2O2. The Morgan fingerprint density at radius 3 is 2.29 bits per heavy atom. The van der Waals surface area contributed by atoms with Crippen molar-refractivity contribution >= 4 is 12.2 Å². The van der Waals surface area contributed by atoms with Crippen LogP contribution >= 0.6 is 0 Å². The molecule has 0 fully saturated rings. The van der Waals surface area contributed by atoms with Crippen molar-refractivity contribution in [2.75, 3.05) is 13.2 Å². The number of nitrogens with one attached hydrogen (secondary N) is 1. The topological polar surface area (TPSA) is 62.1 Å². The zero-order valence-corrected chi connectivity index (χ0v) is 18.1. The molecule has 1 aliphatic rings. The van der Waals surface area contributed by atoms with Crippen LogP contribution in [-0.4, -0.2) is 19.2 Å². The minimum absolute atomic E-state index is 0.0340. The lowest BCUT2D eigenvalue weighted by molar-refractivity contribution is -0.137. The molecule has 34 heavy (non-hydrogen) atoms. The summed E-state index contributed by atoms with van der Waals surface area (Å²) in [5.41, 5.74) is 3.87. The molecule has 7 heteroatoms. The normalized spacial score (nSPS) is 12.8. The Labute approximate surface area is 195 Å². The summed E-state index contributed by atoms with van der Waals surface area (Å²) < 4.78 is 44.4. The molecule has 0 unspecified atom stereocenters. The molecule has 172 valence electrons. The van der Waals surface area contributed by atoms with Gasteiger partial charge in [-0.05, 0) is 52.4 Å². The second-order valence-electron chi connectivity index (χ2n) is 7.90. The average Bonchev–Trinajstić information content (AvgIpc) is 3.15. The van der Waals surface area contributed by atoms with E-state index in [0.717, 1.165) is 34.4 Å². The van der Waals surface area contributed by atoms with Gasteiger partial charge in [-0.3, -0.25) is 0 Å². The van der Waals surface area contributed by atoms with Gasteiger partial charge < -0.3 is 10.1 Å². The summed E-state index contributed by atoms with van der Waals surface area (Å²) in [5.74, 6) is -0.0340. The van der Waals surface area contributed by atoms with E-state index in [9.17, 15) is 18.0 Å². The number of rotatable bonds is 6. The highest BCUT2D eigenvalue weighted by Crippen LogP contribution is 2.44. The Morgan fingerprint density at radius 2 is 1.68 bits per heavy atom. The van der Waals surface area contributed by atoms with Gasteiger partial charge in [0, 0.05) is 12.5 Å². The first-order valence-electron chi connectivity index (χ1n) is 10.7. The van der Waals surface area contributed by atoms with Crippen LogP contribution in [0, 0.1) is 11.3 Å². The predicted molar refractivity (Wildman–Crippen MR) is 123 cm³/mol. The maximum absolute atomic E-state index is 13.0. The third-order valence-corrected chi connectivity index (χ3v) is 5.65. The van der Waals surface area contributed by atoms with E-state index < -0.39 is 17.8 Å². The van der Waals surface area contributed by atoms with E-state index in [1.54, 1.807) is 12.1 Å². The zero-order chi connectivity index (χ0) is 24.1. The molecule has 1 amide bonds. The van der Waals surface area contributed by atoms with Gasteiger partial charge in [-0.2, -0.15) is 18.4 Å². The fourth-order valence-electron chi connectivity index (χ4n) is 4.10. The van der Waals surface area contributed by atoms with Crippen LogP contribution in [0.15, 0.2) is 72.8 Å². The molecule has 0 bridgehead atoms. The summed E-state index contributed by atoms with van der Waals surface area (Å²) >= 11 is 0. The van der Waals surface area contributed by atoms with Crippen molar-refractivity contribution < 1.29 is 22.7 Å². The zero-order valence-electron chi connectivity index (χ0n) is 18.1. The van der Waals surface area contributed by atoms with Gasteiger partial charge in [0.05, 0.1) is 17.2 Å². The van der Waals surface area contributed by atoms with E-state index in [0.29, 0.717) is 6.42 Å². The number of alkyl carbamates (subject to hydrolysis) is 1. The maximum atomic E-state index is 13.0. The van der Waals surface area contributed by atoms with Gasteiger partial charge in [0.1, 0.15) is 6.61 Å². The molecule has 0 aromatic heterocycles. The number of benzene rings is 3. The van der Waals surface area contributed by atoms with E-state index >= 15 is 0 Å². The van der Waals surface area contributed by atoms with Gasteiger partial charge >= 0.3 is 12.3 Å². The van der Waals surface area contributed by atoms with Crippen LogP contribution in [0.5, 0.6) is 0 Å². The number of hydrogen-bond donors (Lipinski definition) is 1. The molecule has 0 spiro atoms. The lowest BCUT2D eigenvalue weighted by Gasteiger charge is -2.14. The standard InChI is InChI=1S/C27H21F3N2O2/c28-27(29,30)20-14-18(13-19(15-20)16-31)7-5-6-12-32-26(33)34-17-25-23-10-3-1-8-21(23)22-9-2-4-11-24(22)25/h1-5,7-11,13-15,25H,6,12,17H2,(H,32,33). The van der Waals surface area contributed by atoms with E-state index in [1.165, 1.54) is 12.1 Å². The number of ether oxygens (including phenoxy) is 1. The number of hydrogen-bond acceptors (Lipinski definition) is 3. The largest absolute Gasteiger partial charge is 0.449 e. The Hall–Kier alpha value is -4.05. The Kier molecular flexibility index (Phi) is 6.69. The molecule has 0 atom stereocenters. The summed E-state index contributed by atoms with van der Waals surface area (Å²) in [5, 5.41) is 11.6. The number of fused-ring (bicyclic) bond motifs is 3. The molecule has 0 saturated carbocycles. The van der Waals surface area contributed by atoms with Crippen LogP contribution in [0.4, 0.5) is 18.0 Å². The summed E-state index contributed by atoms with van der Waals surface area (Å²) in [6, 6.07) is 21.0. The van der Waals surface area contributed by atoms with Crippen molar-refractivity contribution in [2.24, 2.45) is 0 Å². The fraction of sp³-hybridized carbons (Fsp3) is 0.185. The number of carbonyl (C=O) groups is 1. The van der Waals surface area contributed by atoms with Gasteiger partial charge in [0.15, 0.2) is 0 Å². The molecular weight excluding hydrogens is 441 g/mol. The van der Waals surface area contributed by atoms with Crippen LogP contribution in [0.3, 0.4) is 0 Å². The maximum Gasteiger partial charge on any atom is 0.416 e. The molecule has 1 aliphatic carbocycles. The molecule has 3 aromatic carbocycles. The minimum Gasteiger partial charge on any atom is -0.449 e. The van der Waals surface area contributed by atoms with Crippen LogP contribution in [0.25, 0.3) is 17.2 Å². The van der Waals surface area contributed by atoms with E-state index in [1.807, 2.05) is 36.4 Å². The van der Waals surface area contributed by atoms with Crippen molar-refractivity contribution in [1.82, 2.24) is 5.32 Å². The van der Waals surface area contributed by atoms with Gasteiger partial charge in [-0.25, -0.2) is 4.79 Å². The second-order valence-corrected chi connectivity index (χ2v) is 7.90. The Morgan fingerprint density at radius 1 is 1.03 bits per heavy atom. The van der Waals surface area contributed by atoms with Gasteiger partial charge in [-0.1, -0.05) is 60.7 Å². The monoisotopic (exact) mass is 462 g/mol. The Balaban J connectivity index is 1.29. The van der Waals surface area contributed by atoms with Gasteiger partial charge in [-0.15, -0.1) is 0 Å². The van der Waals surface area contributed by atoms with E-state index in [-0.39, 0.29) is 30.2 Å². The predicted octanol–water partition coefficient (Wildman–Crippen LogP) is 6.52. The van der Waals surface area contributed by atoms with E-state index in [4.69, 9.17) is 10.00 Å². The Bertz CT molecular complexity index is 1230. The smallest absolute Gasteiger partial charge is 0.416 e. The number of alkyl halides is 3. The van der Waals surface area contributed by atoms with Crippen LogP contribution in [0.2, 0.25) is 0 Å². The first-order valence-corrected chi connectivity index (χ1v) is 10.7. The van der Waals surface area contributed by atoms with Crippen molar-refractivity contribution in [1.29, 1.82) is 5.26 Å². The molecule has 4 rings (SSSR count). The summed E-state index contributed by atoms with van der Waals surface area (Å²) in [7, 11) is 0. The molecule has 3 aromatic rings. The van der Waals surface area contributed by atoms with Crippen molar-refractivity contribution in [3.05, 3.63) is 101 Å².